The number of aromatic carboxylic acids is 1. The maximum Gasteiger partial charge on any atom is 0.339 e. The summed E-state index contributed by atoms with van der Waals surface area (Å²) >= 11 is 0. The zero-order chi connectivity index (χ0) is 11.5. The molecular weight excluding hydrogens is 208 g/mol. The monoisotopic (exact) mass is 222 g/mol. The van der Waals surface area contributed by atoms with Crippen LogP contribution in [-0.2, 0) is 0 Å². The molecule has 1 aliphatic rings. The summed E-state index contributed by atoms with van der Waals surface area (Å²) in [5.74, 6) is -0.516. The van der Waals surface area contributed by atoms with Crippen molar-refractivity contribution in [3.8, 4) is 0 Å². The number of pyridine rings is 1. The second-order valence-corrected chi connectivity index (χ2v) is 3.83. The van der Waals surface area contributed by atoms with Crippen LogP contribution in [0, 0.1) is 0 Å². The number of carboxylic acids is 1. The minimum atomic E-state index is -0.980. The second-order valence-electron chi connectivity index (χ2n) is 3.83. The third kappa shape index (κ3) is 2.14. The van der Waals surface area contributed by atoms with Gasteiger partial charge in [0.25, 0.3) is 0 Å². The van der Waals surface area contributed by atoms with Crippen LogP contribution in [0.4, 0.5) is 5.82 Å². The van der Waals surface area contributed by atoms with E-state index in [-0.39, 0.29) is 12.2 Å². The molecule has 86 valence electrons. The molecule has 0 bridgehead atoms. The molecule has 1 aliphatic carbocycles. The van der Waals surface area contributed by atoms with Crippen molar-refractivity contribution in [2.75, 3.05) is 18.1 Å². The van der Waals surface area contributed by atoms with Crippen LogP contribution in [-0.4, -0.2) is 40.4 Å². The Labute approximate surface area is 93.3 Å². The molecule has 2 rings (SSSR count). The summed E-state index contributed by atoms with van der Waals surface area (Å²) in [6, 6.07) is 3.48. The normalized spacial score (nSPS) is 14.8. The summed E-state index contributed by atoms with van der Waals surface area (Å²) in [5.41, 5.74) is 0.197. The van der Waals surface area contributed by atoms with E-state index < -0.39 is 5.97 Å². The van der Waals surface area contributed by atoms with E-state index in [0.717, 1.165) is 12.8 Å². The summed E-state index contributed by atoms with van der Waals surface area (Å²) in [5, 5.41) is 18.0. The molecule has 5 nitrogen and oxygen atoms in total. The number of hydrogen-bond donors (Lipinski definition) is 2. The molecule has 1 aromatic heterocycles. The molecule has 0 spiro atoms. The molecule has 0 unspecified atom stereocenters. The number of rotatable bonds is 5. The molecule has 1 aromatic rings. The number of aliphatic hydroxyl groups is 1. The molecule has 1 heterocycles. The Balaban J connectivity index is 2.32. The minimum Gasteiger partial charge on any atom is -0.478 e. The van der Waals surface area contributed by atoms with Crippen molar-refractivity contribution in [3.63, 3.8) is 0 Å². The summed E-state index contributed by atoms with van der Waals surface area (Å²) in [7, 11) is 0. The van der Waals surface area contributed by atoms with Gasteiger partial charge in [0.05, 0.1) is 6.61 Å². The van der Waals surface area contributed by atoms with Crippen molar-refractivity contribution in [2.45, 2.75) is 18.9 Å². The maximum atomic E-state index is 11.0. The van der Waals surface area contributed by atoms with Crippen LogP contribution in [0.25, 0.3) is 0 Å². The van der Waals surface area contributed by atoms with Gasteiger partial charge < -0.3 is 15.1 Å². The van der Waals surface area contributed by atoms with Crippen LogP contribution in [0.15, 0.2) is 18.3 Å². The fourth-order valence-electron chi connectivity index (χ4n) is 1.75. The fourth-order valence-corrected chi connectivity index (χ4v) is 1.75. The maximum absolute atomic E-state index is 11.0. The van der Waals surface area contributed by atoms with E-state index in [4.69, 9.17) is 10.2 Å². The first-order valence-electron chi connectivity index (χ1n) is 5.30. The Morgan fingerprint density at radius 1 is 1.56 bits per heavy atom. The van der Waals surface area contributed by atoms with Gasteiger partial charge in [-0.1, -0.05) is 0 Å². The topological polar surface area (TPSA) is 73.7 Å². The quantitative estimate of drug-likeness (QED) is 0.768. The highest BCUT2D eigenvalue weighted by molar-refractivity contribution is 5.93. The van der Waals surface area contributed by atoms with E-state index in [9.17, 15) is 4.79 Å². The van der Waals surface area contributed by atoms with E-state index in [1.165, 1.54) is 6.07 Å². The minimum absolute atomic E-state index is 0.00608. The van der Waals surface area contributed by atoms with Gasteiger partial charge in [-0.15, -0.1) is 0 Å². The van der Waals surface area contributed by atoms with E-state index in [1.54, 1.807) is 12.3 Å². The van der Waals surface area contributed by atoms with Gasteiger partial charge in [-0.05, 0) is 25.0 Å². The van der Waals surface area contributed by atoms with E-state index in [1.807, 2.05) is 4.90 Å². The third-order valence-corrected chi connectivity index (χ3v) is 2.62. The summed E-state index contributed by atoms with van der Waals surface area (Å²) in [6.45, 7) is 0.439. The van der Waals surface area contributed by atoms with Crippen molar-refractivity contribution >= 4 is 11.8 Å². The van der Waals surface area contributed by atoms with Gasteiger partial charge in [-0.2, -0.15) is 0 Å². The van der Waals surface area contributed by atoms with Crippen molar-refractivity contribution in [1.82, 2.24) is 4.98 Å². The van der Waals surface area contributed by atoms with Crippen molar-refractivity contribution in [2.24, 2.45) is 0 Å². The highest BCUT2D eigenvalue weighted by Gasteiger charge is 2.31. The Bertz CT molecular complexity index is 391. The summed E-state index contributed by atoms with van der Waals surface area (Å²) < 4.78 is 0. The molecule has 2 N–H and O–H groups in total. The first-order valence-corrected chi connectivity index (χ1v) is 5.30. The standard InChI is InChI=1S/C11H14N2O3/c14-7-6-13(8-3-4-8)10-9(11(15)16)2-1-5-12-10/h1-2,5,8,14H,3-4,6-7H2,(H,15,16). The summed E-state index contributed by atoms with van der Waals surface area (Å²) in [4.78, 5) is 17.0. The fraction of sp³-hybridized carbons (Fsp3) is 0.455. The van der Waals surface area contributed by atoms with E-state index in [0.29, 0.717) is 18.4 Å². The highest BCUT2D eigenvalue weighted by Crippen LogP contribution is 2.31. The Morgan fingerprint density at radius 2 is 2.31 bits per heavy atom. The molecule has 16 heavy (non-hydrogen) atoms. The van der Waals surface area contributed by atoms with Gasteiger partial charge in [0, 0.05) is 18.8 Å². The van der Waals surface area contributed by atoms with Crippen molar-refractivity contribution < 1.29 is 15.0 Å². The molecule has 0 radical (unpaired) electrons. The molecule has 0 saturated heterocycles. The Morgan fingerprint density at radius 3 is 2.88 bits per heavy atom. The number of hydrogen-bond acceptors (Lipinski definition) is 4. The number of aromatic nitrogens is 1. The predicted octanol–water partition coefficient (Wildman–Crippen LogP) is 0.741. The molecule has 5 heteroatoms. The van der Waals surface area contributed by atoms with Crippen LogP contribution in [0.1, 0.15) is 23.2 Å². The van der Waals surface area contributed by atoms with Crippen molar-refractivity contribution in [3.05, 3.63) is 23.9 Å². The van der Waals surface area contributed by atoms with Gasteiger partial charge >= 0.3 is 5.97 Å². The average Bonchev–Trinajstić information content (AvgIpc) is 3.10. The highest BCUT2D eigenvalue weighted by atomic mass is 16.4. The van der Waals surface area contributed by atoms with Crippen LogP contribution in [0.3, 0.4) is 0 Å². The zero-order valence-electron chi connectivity index (χ0n) is 8.83. The lowest BCUT2D eigenvalue weighted by Gasteiger charge is -2.23. The lowest BCUT2D eigenvalue weighted by Crippen LogP contribution is -2.31. The number of carboxylic acid groups (broad SMARTS) is 1. The lowest BCUT2D eigenvalue weighted by atomic mass is 10.2. The van der Waals surface area contributed by atoms with Crippen LogP contribution in [0.5, 0.6) is 0 Å². The molecule has 1 fully saturated rings. The third-order valence-electron chi connectivity index (χ3n) is 2.62. The molecule has 0 aromatic carbocycles. The zero-order valence-corrected chi connectivity index (χ0v) is 8.83. The van der Waals surface area contributed by atoms with Gasteiger partial charge in [-0.3, -0.25) is 0 Å². The van der Waals surface area contributed by atoms with Gasteiger partial charge in [0.15, 0.2) is 0 Å². The molecule has 1 saturated carbocycles. The van der Waals surface area contributed by atoms with Gasteiger partial charge in [-0.25, -0.2) is 9.78 Å². The lowest BCUT2D eigenvalue weighted by molar-refractivity contribution is 0.0697. The van der Waals surface area contributed by atoms with Crippen molar-refractivity contribution in [1.29, 1.82) is 0 Å². The van der Waals surface area contributed by atoms with Crippen LogP contribution >= 0.6 is 0 Å². The average molecular weight is 222 g/mol. The molecule has 0 amide bonds. The molecular formula is C11H14N2O3. The number of nitrogens with zero attached hydrogens (tertiary/aromatic N) is 2. The second kappa shape index (κ2) is 4.49. The SMILES string of the molecule is O=C(O)c1cccnc1N(CCO)C1CC1. The first kappa shape index (κ1) is 10.9. The van der Waals surface area contributed by atoms with E-state index >= 15 is 0 Å². The van der Waals surface area contributed by atoms with Gasteiger partial charge in [0.1, 0.15) is 11.4 Å². The Kier molecular flexibility index (Phi) is 3.05. The molecule has 0 atom stereocenters. The number of anilines is 1. The van der Waals surface area contributed by atoms with Crippen LogP contribution in [0.2, 0.25) is 0 Å². The van der Waals surface area contributed by atoms with E-state index in [2.05, 4.69) is 4.98 Å². The van der Waals surface area contributed by atoms with Gasteiger partial charge in [0.2, 0.25) is 0 Å². The predicted molar refractivity (Wildman–Crippen MR) is 58.7 cm³/mol. The Hall–Kier alpha value is -1.62. The molecule has 0 aliphatic heterocycles. The number of aliphatic hydroxyl groups excluding tert-OH is 1. The summed E-state index contributed by atoms with van der Waals surface area (Å²) in [6.07, 6.45) is 3.65. The first-order chi connectivity index (χ1) is 7.74. The number of carbonyl (C=O) groups is 1. The largest absolute Gasteiger partial charge is 0.478 e. The van der Waals surface area contributed by atoms with Crippen LogP contribution < -0.4 is 4.90 Å². The smallest absolute Gasteiger partial charge is 0.339 e.